The maximum Gasteiger partial charge on any atom is 0.242 e. The van der Waals surface area contributed by atoms with Crippen LogP contribution < -0.4 is 0 Å². The van der Waals surface area contributed by atoms with Gasteiger partial charge in [0.05, 0.1) is 0 Å². The first-order valence-corrected chi connectivity index (χ1v) is 9.74. The van der Waals surface area contributed by atoms with Crippen LogP contribution in [-0.2, 0) is 14.4 Å². The van der Waals surface area contributed by atoms with Crippen molar-refractivity contribution < 1.29 is 14.4 Å². The summed E-state index contributed by atoms with van der Waals surface area (Å²) in [6.45, 7) is 2.25. The van der Waals surface area contributed by atoms with Crippen molar-refractivity contribution in [1.29, 1.82) is 0 Å². The van der Waals surface area contributed by atoms with Gasteiger partial charge in [-0.05, 0) is 38.4 Å². The van der Waals surface area contributed by atoms with E-state index < -0.39 is 0 Å². The van der Waals surface area contributed by atoms with E-state index in [0.29, 0.717) is 19.0 Å². The van der Waals surface area contributed by atoms with Crippen LogP contribution in [-0.4, -0.2) is 72.7 Å². The highest BCUT2D eigenvalue weighted by Gasteiger charge is 2.35. The van der Waals surface area contributed by atoms with Crippen LogP contribution in [0, 0.1) is 5.92 Å². The van der Waals surface area contributed by atoms with Crippen LogP contribution >= 0.6 is 0 Å². The summed E-state index contributed by atoms with van der Waals surface area (Å²) in [4.78, 5) is 42.9. The molecule has 2 fully saturated rings. The second-order valence-electron chi connectivity index (χ2n) is 8.00. The standard InChI is InChI=1S/C21H29N3O3/c1-22(2)13-16-7-6-10-23(14-16)21(27)15-24-19(25)11-18(12-20(24)26)17-8-4-3-5-9-17/h3-5,8-9,16,18H,6-7,10-15H2,1-2H3. The molecule has 0 N–H and O–H groups in total. The topological polar surface area (TPSA) is 60.9 Å². The highest BCUT2D eigenvalue weighted by atomic mass is 16.2. The highest BCUT2D eigenvalue weighted by molar-refractivity contribution is 6.01. The number of imide groups is 1. The summed E-state index contributed by atoms with van der Waals surface area (Å²) < 4.78 is 0. The molecule has 3 rings (SSSR count). The minimum atomic E-state index is -0.240. The summed E-state index contributed by atoms with van der Waals surface area (Å²) in [5.74, 6) is -0.228. The zero-order valence-electron chi connectivity index (χ0n) is 16.3. The molecule has 1 atom stereocenters. The second-order valence-corrected chi connectivity index (χ2v) is 8.00. The summed E-state index contributed by atoms with van der Waals surface area (Å²) in [7, 11) is 4.07. The largest absolute Gasteiger partial charge is 0.341 e. The van der Waals surface area contributed by atoms with Crippen LogP contribution in [0.15, 0.2) is 30.3 Å². The minimum Gasteiger partial charge on any atom is -0.341 e. The summed E-state index contributed by atoms with van der Waals surface area (Å²) in [6.07, 6.45) is 2.66. The fourth-order valence-electron chi connectivity index (χ4n) is 4.18. The normalized spacial score (nSPS) is 21.8. The summed E-state index contributed by atoms with van der Waals surface area (Å²) >= 11 is 0. The third-order valence-electron chi connectivity index (χ3n) is 5.50. The molecule has 1 aromatic rings. The summed E-state index contributed by atoms with van der Waals surface area (Å²) in [6, 6.07) is 9.65. The number of hydrogen-bond acceptors (Lipinski definition) is 4. The van der Waals surface area contributed by atoms with E-state index in [1.54, 1.807) is 0 Å². The van der Waals surface area contributed by atoms with Crippen molar-refractivity contribution in [2.75, 3.05) is 40.3 Å². The van der Waals surface area contributed by atoms with Crippen LogP contribution in [0.1, 0.15) is 37.2 Å². The number of rotatable bonds is 5. The van der Waals surface area contributed by atoms with Gasteiger partial charge >= 0.3 is 0 Å². The van der Waals surface area contributed by atoms with Gasteiger partial charge in [0.25, 0.3) is 0 Å². The van der Waals surface area contributed by atoms with E-state index in [1.807, 2.05) is 49.3 Å². The number of hydrogen-bond donors (Lipinski definition) is 0. The number of benzene rings is 1. The molecule has 1 unspecified atom stereocenters. The van der Waals surface area contributed by atoms with Gasteiger partial charge in [-0.25, -0.2) is 0 Å². The van der Waals surface area contributed by atoms with Gasteiger partial charge in [0.1, 0.15) is 6.54 Å². The smallest absolute Gasteiger partial charge is 0.242 e. The Morgan fingerprint density at radius 1 is 1.11 bits per heavy atom. The third-order valence-corrected chi connectivity index (χ3v) is 5.50. The lowest BCUT2D eigenvalue weighted by molar-refractivity contribution is -0.153. The Morgan fingerprint density at radius 2 is 1.78 bits per heavy atom. The molecule has 0 aromatic heterocycles. The lowest BCUT2D eigenvalue weighted by Crippen LogP contribution is -2.51. The van der Waals surface area contributed by atoms with E-state index in [2.05, 4.69) is 4.90 Å². The van der Waals surface area contributed by atoms with Crippen LogP contribution in [0.2, 0.25) is 0 Å². The lowest BCUT2D eigenvalue weighted by atomic mass is 9.88. The Morgan fingerprint density at radius 3 is 2.41 bits per heavy atom. The molecule has 2 saturated heterocycles. The molecule has 0 radical (unpaired) electrons. The average Bonchev–Trinajstić information content (AvgIpc) is 2.64. The van der Waals surface area contributed by atoms with Gasteiger partial charge in [0, 0.05) is 38.4 Å². The molecule has 2 aliphatic rings. The fraction of sp³-hybridized carbons (Fsp3) is 0.571. The number of likely N-dealkylation sites (tertiary alicyclic amines) is 2. The molecule has 0 aliphatic carbocycles. The van der Waals surface area contributed by atoms with Gasteiger partial charge in [-0.3, -0.25) is 19.3 Å². The van der Waals surface area contributed by atoms with Crippen LogP contribution in [0.3, 0.4) is 0 Å². The molecule has 0 saturated carbocycles. The number of piperidine rings is 2. The number of nitrogens with zero attached hydrogens (tertiary/aromatic N) is 3. The summed E-state index contributed by atoms with van der Waals surface area (Å²) in [5.41, 5.74) is 1.01. The molecule has 2 heterocycles. The number of carbonyl (C=O) groups is 3. The average molecular weight is 371 g/mol. The first-order chi connectivity index (χ1) is 12.9. The molecular formula is C21H29N3O3. The van der Waals surface area contributed by atoms with Crippen molar-refractivity contribution in [3.05, 3.63) is 35.9 Å². The quantitative estimate of drug-likeness (QED) is 0.740. The lowest BCUT2D eigenvalue weighted by Gasteiger charge is -2.36. The van der Waals surface area contributed by atoms with E-state index in [4.69, 9.17) is 0 Å². The van der Waals surface area contributed by atoms with E-state index >= 15 is 0 Å². The van der Waals surface area contributed by atoms with Gasteiger partial charge in [-0.1, -0.05) is 30.3 Å². The molecule has 146 valence electrons. The van der Waals surface area contributed by atoms with Crippen molar-refractivity contribution >= 4 is 17.7 Å². The van der Waals surface area contributed by atoms with E-state index in [9.17, 15) is 14.4 Å². The molecule has 1 aromatic carbocycles. The molecule has 0 bridgehead atoms. The van der Waals surface area contributed by atoms with Crippen molar-refractivity contribution in [1.82, 2.24) is 14.7 Å². The predicted octanol–water partition coefficient (Wildman–Crippen LogP) is 1.72. The molecule has 3 amide bonds. The van der Waals surface area contributed by atoms with Crippen molar-refractivity contribution in [3.8, 4) is 0 Å². The van der Waals surface area contributed by atoms with Crippen LogP contribution in [0.25, 0.3) is 0 Å². The monoisotopic (exact) mass is 371 g/mol. The van der Waals surface area contributed by atoms with E-state index in [-0.39, 0.29) is 43.0 Å². The van der Waals surface area contributed by atoms with E-state index in [1.165, 1.54) is 0 Å². The number of amides is 3. The Kier molecular flexibility index (Phi) is 6.26. The predicted molar refractivity (Wildman–Crippen MR) is 103 cm³/mol. The highest BCUT2D eigenvalue weighted by Crippen LogP contribution is 2.29. The van der Waals surface area contributed by atoms with Crippen molar-refractivity contribution in [2.45, 2.75) is 31.6 Å². The van der Waals surface area contributed by atoms with Crippen LogP contribution in [0.5, 0.6) is 0 Å². The maximum absolute atomic E-state index is 12.7. The Bertz CT molecular complexity index is 671. The van der Waals surface area contributed by atoms with Crippen LogP contribution in [0.4, 0.5) is 0 Å². The first-order valence-electron chi connectivity index (χ1n) is 9.74. The number of carbonyl (C=O) groups excluding carboxylic acids is 3. The Labute approximate surface area is 161 Å². The third kappa shape index (κ3) is 4.95. The molecule has 6 nitrogen and oxygen atoms in total. The Balaban J connectivity index is 1.58. The molecule has 6 heteroatoms. The first kappa shape index (κ1) is 19.5. The molecule has 2 aliphatic heterocycles. The molecular weight excluding hydrogens is 342 g/mol. The van der Waals surface area contributed by atoms with Crippen molar-refractivity contribution in [3.63, 3.8) is 0 Å². The second kappa shape index (κ2) is 8.65. The summed E-state index contributed by atoms with van der Waals surface area (Å²) in [5, 5.41) is 0. The van der Waals surface area contributed by atoms with Gasteiger partial charge in [0.15, 0.2) is 0 Å². The fourth-order valence-corrected chi connectivity index (χ4v) is 4.18. The zero-order valence-corrected chi connectivity index (χ0v) is 16.3. The molecule has 0 spiro atoms. The van der Waals surface area contributed by atoms with E-state index in [0.717, 1.165) is 29.8 Å². The SMILES string of the molecule is CN(C)CC1CCCN(C(=O)CN2C(=O)CC(c3ccccc3)CC2=O)C1. The van der Waals surface area contributed by atoms with Gasteiger partial charge in [-0.15, -0.1) is 0 Å². The maximum atomic E-state index is 12.7. The minimum absolute atomic E-state index is 0.0861. The van der Waals surface area contributed by atoms with Crippen molar-refractivity contribution in [2.24, 2.45) is 5.92 Å². The van der Waals surface area contributed by atoms with Gasteiger partial charge in [-0.2, -0.15) is 0 Å². The van der Waals surface area contributed by atoms with Gasteiger partial charge < -0.3 is 9.80 Å². The molecule has 27 heavy (non-hydrogen) atoms. The Hall–Kier alpha value is -2.21. The zero-order chi connectivity index (χ0) is 19.4. The van der Waals surface area contributed by atoms with Gasteiger partial charge in [0.2, 0.25) is 17.7 Å².